The van der Waals surface area contributed by atoms with Gasteiger partial charge in [0.05, 0.1) is 12.7 Å². The van der Waals surface area contributed by atoms with Crippen LogP contribution in [-0.4, -0.2) is 19.0 Å². The lowest BCUT2D eigenvalue weighted by Crippen LogP contribution is -2.09. The summed E-state index contributed by atoms with van der Waals surface area (Å²) < 4.78 is 16.3. The quantitative estimate of drug-likeness (QED) is 0.472. The standard InChI is InChI=1S/C20H16BrNO6/c1-11(23)22-13-3-5-15-12(7-19(24)28-18(15)8-13)10-27-20(25)16-9-14(26-2)4-6-17(16)21/h3-9H,10H2,1-2H3,(H,22,23). The topological polar surface area (TPSA) is 94.8 Å². The molecule has 0 saturated heterocycles. The van der Waals surface area contributed by atoms with Crippen LogP contribution in [0.25, 0.3) is 11.0 Å². The molecule has 0 bridgehead atoms. The van der Waals surface area contributed by atoms with Crippen molar-refractivity contribution in [2.45, 2.75) is 13.5 Å². The SMILES string of the molecule is COc1ccc(Br)c(C(=O)OCc2cc(=O)oc3cc(NC(C)=O)ccc23)c1. The molecule has 1 aromatic heterocycles. The first kappa shape index (κ1) is 19.6. The van der Waals surface area contributed by atoms with Crippen molar-refractivity contribution in [3.63, 3.8) is 0 Å². The minimum atomic E-state index is -0.582. The van der Waals surface area contributed by atoms with Crippen molar-refractivity contribution in [2.24, 2.45) is 0 Å². The molecule has 0 aliphatic rings. The van der Waals surface area contributed by atoms with Gasteiger partial charge in [-0.3, -0.25) is 4.79 Å². The number of rotatable bonds is 5. The molecule has 8 heteroatoms. The number of carbonyl (C=O) groups is 2. The summed E-state index contributed by atoms with van der Waals surface area (Å²) >= 11 is 3.31. The van der Waals surface area contributed by atoms with Crippen molar-refractivity contribution < 1.29 is 23.5 Å². The highest BCUT2D eigenvalue weighted by atomic mass is 79.9. The first-order chi connectivity index (χ1) is 13.4. The van der Waals surface area contributed by atoms with Gasteiger partial charge in [-0.15, -0.1) is 0 Å². The summed E-state index contributed by atoms with van der Waals surface area (Å²) in [6.45, 7) is 1.26. The van der Waals surface area contributed by atoms with Crippen LogP contribution in [0.5, 0.6) is 5.75 Å². The molecule has 3 aromatic rings. The molecule has 0 atom stereocenters. The number of nitrogens with one attached hydrogen (secondary N) is 1. The maximum atomic E-state index is 12.4. The maximum Gasteiger partial charge on any atom is 0.339 e. The van der Waals surface area contributed by atoms with E-state index in [0.29, 0.717) is 32.4 Å². The largest absolute Gasteiger partial charge is 0.497 e. The molecule has 0 aliphatic carbocycles. The molecular weight excluding hydrogens is 430 g/mol. The molecule has 7 nitrogen and oxygen atoms in total. The monoisotopic (exact) mass is 445 g/mol. The number of esters is 1. The van der Waals surface area contributed by atoms with Crippen molar-refractivity contribution in [3.05, 3.63) is 68.5 Å². The van der Waals surface area contributed by atoms with Crippen LogP contribution in [0, 0.1) is 0 Å². The second-order valence-electron chi connectivity index (χ2n) is 5.90. The van der Waals surface area contributed by atoms with Gasteiger partial charge in [0.2, 0.25) is 5.91 Å². The summed E-state index contributed by atoms with van der Waals surface area (Å²) in [4.78, 5) is 35.5. The Balaban J connectivity index is 1.87. The van der Waals surface area contributed by atoms with E-state index in [1.54, 1.807) is 36.4 Å². The van der Waals surface area contributed by atoms with Gasteiger partial charge < -0.3 is 19.2 Å². The summed E-state index contributed by atoms with van der Waals surface area (Å²) in [5, 5.41) is 3.22. The predicted molar refractivity (Wildman–Crippen MR) is 107 cm³/mol. The molecule has 1 amide bonds. The van der Waals surface area contributed by atoms with Gasteiger partial charge in [-0.1, -0.05) is 0 Å². The lowest BCUT2D eigenvalue weighted by Gasteiger charge is -2.10. The Morgan fingerprint density at radius 1 is 1.14 bits per heavy atom. The Morgan fingerprint density at radius 2 is 1.93 bits per heavy atom. The summed E-state index contributed by atoms with van der Waals surface area (Å²) in [6, 6.07) is 11.1. The number of ether oxygens (including phenoxy) is 2. The van der Waals surface area contributed by atoms with Gasteiger partial charge >= 0.3 is 11.6 Å². The lowest BCUT2D eigenvalue weighted by atomic mass is 10.1. The number of methoxy groups -OCH3 is 1. The van der Waals surface area contributed by atoms with Gasteiger partial charge in [-0.25, -0.2) is 9.59 Å². The Bertz CT molecular complexity index is 1120. The molecular formula is C20H16BrNO6. The van der Waals surface area contributed by atoms with E-state index >= 15 is 0 Å². The number of benzene rings is 2. The average Bonchev–Trinajstić information content (AvgIpc) is 2.65. The number of hydrogen-bond acceptors (Lipinski definition) is 6. The highest BCUT2D eigenvalue weighted by Crippen LogP contribution is 2.25. The van der Waals surface area contributed by atoms with Gasteiger partial charge in [0, 0.05) is 40.2 Å². The smallest absolute Gasteiger partial charge is 0.339 e. The van der Waals surface area contributed by atoms with Gasteiger partial charge in [0.25, 0.3) is 0 Å². The number of amides is 1. The molecule has 0 saturated carbocycles. The molecule has 0 aliphatic heterocycles. The summed E-state index contributed by atoms with van der Waals surface area (Å²) in [6.07, 6.45) is 0. The zero-order valence-corrected chi connectivity index (χ0v) is 16.7. The molecule has 144 valence electrons. The zero-order chi connectivity index (χ0) is 20.3. The van der Waals surface area contributed by atoms with Crippen LogP contribution in [0.4, 0.5) is 5.69 Å². The van der Waals surface area contributed by atoms with Gasteiger partial charge in [-0.2, -0.15) is 0 Å². The fourth-order valence-electron chi connectivity index (χ4n) is 2.64. The van der Waals surface area contributed by atoms with E-state index < -0.39 is 11.6 Å². The third-order valence-corrected chi connectivity index (χ3v) is 4.59. The number of hydrogen-bond donors (Lipinski definition) is 1. The van der Waals surface area contributed by atoms with Crippen LogP contribution in [0.15, 0.2) is 56.1 Å². The molecule has 0 spiro atoms. The molecule has 2 aromatic carbocycles. The van der Waals surface area contributed by atoms with Crippen LogP contribution in [0.2, 0.25) is 0 Å². The van der Waals surface area contributed by atoms with E-state index in [2.05, 4.69) is 21.2 Å². The Morgan fingerprint density at radius 3 is 2.64 bits per heavy atom. The minimum absolute atomic E-state index is 0.121. The van der Waals surface area contributed by atoms with Crippen molar-refractivity contribution in [2.75, 3.05) is 12.4 Å². The summed E-state index contributed by atoms with van der Waals surface area (Å²) in [5.74, 6) is -0.288. The van der Waals surface area contributed by atoms with E-state index in [4.69, 9.17) is 13.9 Å². The van der Waals surface area contributed by atoms with Gasteiger partial charge in [-0.05, 0) is 46.3 Å². The number of fused-ring (bicyclic) bond motifs is 1. The second-order valence-corrected chi connectivity index (χ2v) is 6.76. The molecule has 1 N–H and O–H groups in total. The summed E-state index contributed by atoms with van der Waals surface area (Å²) in [7, 11) is 1.50. The third-order valence-electron chi connectivity index (χ3n) is 3.90. The van der Waals surface area contributed by atoms with Crippen LogP contribution >= 0.6 is 15.9 Å². The van der Waals surface area contributed by atoms with Crippen LogP contribution in [0.1, 0.15) is 22.8 Å². The van der Waals surface area contributed by atoms with Gasteiger partial charge in [0.15, 0.2) is 0 Å². The fraction of sp³-hybridized carbons (Fsp3) is 0.150. The Hall–Kier alpha value is -3.13. The Labute approximate surface area is 168 Å². The van der Waals surface area contributed by atoms with Crippen LogP contribution < -0.4 is 15.7 Å². The highest BCUT2D eigenvalue weighted by Gasteiger charge is 2.15. The predicted octanol–water partition coefficient (Wildman–Crippen LogP) is 3.88. The van der Waals surface area contributed by atoms with E-state index in [0.717, 1.165) is 0 Å². The van der Waals surface area contributed by atoms with Crippen molar-refractivity contribution >= 4 is 44.5 Å². The zero-order valence-electron chi connectivity index (χ0n) is 15.1. The molecule has 28 heavy (non-hydrogen) atoms. The second kappa shape index (κ2) is 8.26. The number of anilines is 1. The third kappa shape index (κ3) is 4.40. The molecule has 0 radical (unpaired) electrons. The lowest BCUT2D eigenvalue weighted by molar-refractivity contribution is -0.114. The molecule has 3 rings (SSSR count). The number of carbonyl (C=O) groups excluding carboxylic acids is 2. The average molecular weight is 446 g/mol. The highest BCUT2D eigenvalue weighted by molar-refractivity contribution is 9.10. The normalized spacial score (nSPS) is 10.5. The van der Waals surface area contributed by atoms with Crippen molar-refractivity contribution in [3.8, 4) is 5.75 Å². The van der Waals surface area contributed by atoms with E-state index in [1.165, 1.54) is 20.1 Å². The van der Waals surface area contributed by atoms with Gasteiger partial charge in [0.1, 0.15) is 17.9 Å². The number of halogens is 1. The van der Waals surface area contributed by atoms with Crippen LogP contribution in [0.3, 0.4) is 0 Å². The van der Waals surface area contributed by atoms with Crippen molar-refractivity contribution in [1.29, 1.82) is 0 Å². The van der Waals surface area contributed by atoms with Crippen LogP contribution in [-0.2, 0) is 16.1 Å². The first-order valence-corrected chi connectivity index (χ1v) is 9.01. The van der Waals surface area contributed by atoms with Crippen molar-refractivity contribution in [1.82, 2.24) is 0 Å². The molecule has 1 heterocycles. The van der Waals surface area contributed by atoms with E-state index in [1.807, 2.05) is 0 Å². The van der Waals surface area contributed by atoms with E-state index in [9.17, 15) is 14.4 Å². The first-order valence-electron chi connectivity index (χ1n) is 8.22. The maximum absolute atomic E-state index is 12.4. The Kier molecular flexibility index (Phi) is 5.79. The minimum Gasteiger partial charge on any atom is -0.497 e. The fourth-order valence-corrected chi connectivity index (χ4v) is 3.05. The summed E-state index contributed by atoms with van der Waals surface area (Å²) in [5.41, 5.74) is 0.999. The molecule has 0 unspecified atom stereocenters. The van der Waals surface area contributed by atoms with E-state index in [-0.39, 0.29) is 18.1 Å². The molecule has 0 fully saturated rings.